The molecule has 2 heteroatoms. The van der Waals surface area contributed by atoms with Crippen molar-refractivity contribution in [3.05, 3.63) is 21.9 Å². The molecule has 3 atom stereocenters. The number of thiophene rings is 1. The van der Waals surface area contributed by atoms with E-state index < -0.39 is 0 Å². The fourth-order valence-corrected chi connectivity index (χ4v) is 4.46. The van der Waals surface area contributed by atoms with E-state index in [2.05, 4.69) is 45.3 Å². The molecular formula is C16H27NS. The molecule has 1 saturated carbocycles. The first-order valence-electron chi connectivity index (χ1n) is 7.32. The molecule has 1 aliphatic carbocycles. The Morgan fingerprint density at radius 1 is 1.33 bits per heavy atom. The largest absolute Gasteiger partial charge is 0.319 e. The second kappa shape index (κ2) is 6.21. The van der Waals surface area contributed by atoms with E-state index in [9.17, 15) is 0 Å². The van der Waals surface area contributed by atoms with Gasteiger partial charge in [0.15, 0.2) is 0 Å². The van der Waals surface area contributed by atoms with E-state index in [4.69, 9.17) is 0 Å². The van der Waals surface area contributed by atoms with Gasteiger partial charge in [0.05, 0.1) is 0 Å². The van der Waals surface area contributed by atoms with E-state index in [-0.39, 0.29) is 0 Å². The van der Waals surface area contributed by atoms with Crippen molar-refractivity contribution >= 4 is 11.3 Å². The van der Waals surface area contributed by atoms with Gasteiger partial charge in [-0.3, -0.25) is 0 Å². The van der Waals surface area contributed by atoms with Crippen LogP contribution in [-0.4, -0.2) is 13.6 Å². The Bertz CT molecular complexity index is 369. The van der Waals surface area contributed by atoms with E-state index in [1.165, 1.54) is 30.7 Å². The molecule has 3 unspecified atom stereocenters. The Kier molecular flexibility index (Phi) is 4.85. The predicted molar refractivity (Wildman–Crippen MR) is 81.4 cm³/mol. The Hall–Kier alpha value is -0.340. The molecule has 2 rings (SSSR count). The van der Waals surface area contributed by atoms with Crippen molar-refractivity contribution < 1.29 is 0 Å². The standard InChI is InChI=1S/C16H27NS/c1-11(2)13-6-7-14(10-17-4)15(9-13)16-8-5-12(3)18-16/h5,8,11,13-15,17H,6-7,9-10H2,1-4H3. The van der Waals surface area contributed by atoms with Gasteiger partial charge in [0.25, 0.3) is 0 Å². The molecule has 1 aromatic heterocycles. The van der Waals surface area contributed by atoms with E-state index in [1.54, 1.807) is 4.88 Å². The average Bonchev–Trinajstić information content (AvgIpc) is 2.76. The maximum absolute atomic E-state index is 3.39. The molecule has 0 bridgehead atoms. The number of hydrogen-bond acceptors (Lipinski definition) is 2. The molecular weight excluding hydrogens is 238 g/mol. The molecule has 0 radical (unpaired) electrons. The molecule has 0 saturated heterocycles. The first-order chi connectivity index (χ1) is 8.61. The average molecular weight is 265 g/mol. The van der Waals surface area contributed by atoms with Crippen molar-refractivity contribution in [1.29, 1.82) is 0 Å². The fraction of sp³-hybridized carbons (Fsp3) is 0.750. The topological polar surface area (TPSA) is 12.0 Å². The minimum atomic E-state index is 0.789. The first kappa shape index (κ1) is 14.1. The van der Waals surface area contributed by atoms with Gasteiger partial charge in [-0.25, -0.2) is 0 Å². The van der Waals surface area contributed by atoms with Crippen LogP contribution in [0.3, 0.4) is 0 Å². The van der Waals surface area contributed by atoms with Gasteiger partial charge in [0.1, 0.15) is 0 Å². The molecule has 1 aromatic rings. The monoisotopic (exact) mass is 265 g/mol. The number of hydrogen-bond donors (Lipinski definition) is 1. The van der Waals surface area contributed by atoms with Crippen molar-refractivity contribution in [2.24, 2.45) is 17.8 Å². The third-order valence-electron chi connectivity index (χ3n) is 4.57. The smallest absolute Gasteiger partial charge is 0.00823 e. The summed E-state index contributed by atoms with van der Waals surface area (Å²) in [5, 5.41) is 3.39. The van der Waals surface area contributed by atoms with Gasteiger partial charge in [-0.2, -0.15) is 0 Å². The van der Waals surface area contributed by atoms with Crippen LogP contribution in [0.5, 0.6) is 0 Å². The minimum Gasteiger partial charge on any atom is -0.319 e. The van der Waals surface area contributed by atoms with E-state index in [0.717, 1.165) is 23.7 Å². The molecule has 102 valence electrons. The second-order valence-corrected chi connectivity index (χ2v) is 7.51. The molecule has 1 nitrogen and oxygen atoms in total. The van der Waals surface area contributed by atoms with E-state index >= 15 is 0 Å². The molecule has 0 aliphatic heterocycles. The van der Waals surface area contributed by atoms with Crippen LogP contribution in [0, 0.1) is 24.7 Å². The summed E-state index contributed by atoms with van der Waals surface area (Å²) in [6.07, 6.45) is 4.21. The van der Waals surface area contributed by atoms with Crippen molar-refractivity contribution in [2.75, 3.05) is 13.6 Å². The molecule has 1 N–H and O–H groups in total. The molecule has 0 spiro atoms. The summed E-state index contributed by atoms with van der Waals surface area (Å²) in [5.41, 5.74) is 0. The number of rotatable bonds is 4. The quantitative estimate of drug-likeness (QED) is 0.849. The summed E-state index contributed by atoms with van der Waals surface area (Å²) < 4.78 is 0. The highest BCUT2D eigenvalue weighted by molar-refractivity contribution is 7.12. The van der Waals surface area contributed by atoms with Crippen LogP contribution in [0.25, 0.3) is 0 Å². The molecule has 0 aromatic carbocycles. The van der Waals surface area contributed by atoms with Crippen LogP contribution in [0.15, 0.2) is 12.1 Å². The van der Waals surface area contributed by atoms with Gasteiger partial charge in [-0.15, -0.1) is 11.3 Å². The van der Waals surface area contributed by atoms with Gasteiger partial charge >= 0.3 is 0 Å². The van der Waals surface area contributed by atoms with Crippen molar-refractivity contribution in [2.45, 2.75) is 46.0 Å². The van der Waals surface area contributed by atoms with Gasteiger partial charge in [-0.05, 0) is 75.6 Å². The maximum Gasteiger partial charge on any atom is 0.00823 e. The lowest BCUT2D eigenvalue weighted by atomic mass is 9.70. The van der Waals surface area contributed by atoms with E-state index in [1.807, 2.05) is 11.3 Å². The highest BCUT2D eigenvalue weighted by atomic mass is 32.1. The summed E-state index contributed by atoms with van der Waals surface area (Å²) in [4.78, 5) is 3.08. The Morgan fingerprint density at radius 3 is 2.67 bits per heavy atom. The summed E-state index contributed by atoms with van der Waals surface area (Å²) in [7, 11) is 2.09. The van der Waals surface area contributed by atoms with Gasteiger partial charge in [0.2, 0.25) is 0 Å². The van der Waals surface area contributed by atoms with Crippen LogP contribution in [0.1, 0.15) is 48.8 Å². The van der Waals surface area contributed by atoms with Crippen LogP contribution < -0.4 is 5.32 Å². The Balaban J connectivity index is 2.14. The zero-order valence-corrected chi connectivity index (χ0v) is 13.0. The maximum atomic E-state index is 3.39. The van der Waals surface area contributed by atoms with Crippen LogP contribution in [-0.2, 0) is 0 Å². The SMILES string of the molecule is CNCC1CCC(C(C)C)CC1c1ccc(C)s1. The Labute approximate surface area is 116 Å². The van der Waals surface area contributed by atoms with Crippen molar-refractivity contribution in [3.63, 3.8) is 0 Å². The lowest BCUT2D eigenvalue weighted by Gasteiger charge is -2.37. The van der Waals surface area contributed by atoms with Crippen LogP contribution in [0.4, 0.5) is 0 Å². The summed E-state index contributed by atoms with van der Waals surface area (Å²) in [6, 6.07) is 4.66. The third-order valence-corrected chi connectivity index (χ3v) is 5.70. The summed E-state index contributed by atoms with van der Waals surface area (Å²) >= 11 is 2.01. The molecule has 1 aliphatic rings. The molecule has 1 heterocycles. The highest BCUT2D eigenvalue weighted by Crippen LogP contribution is 2.44. The van der Waals surface area contributed by atoms with Crippen molar-refractivity contribution in [3.8, 4) is 0 Å². The first-order valence-corrected chi connectivity index (χ1v) is 8.14. The number of nitrogens with one attached hydrogen (secondary N) is 1. The molecule has 18 heavy (non-hydrogen) atoms. The second-order valence-electron chi connectivity index (χ2n) is 6.19. The summed E-state index contributed by atoms with van der Waals surface area (Å²) in [6.45, 7) is 8.18. The normalized spacial score (nSPS) is 28.8. The zero-order valence-electron chi connectivity index (χ0n) is 12.2. The fourth-order valence-electron chi connectivity index (χ4n) is 3.38. The minimum absolute atomic E-state index is 0.789. The van der Waals surface area contributed by atoms with Crippen LogP contribution in [0.2, 0.25) is 0 Å². The zero-order chi connectivity index (χ0) is 13.1. The number of aryl methyl sites for hydroxylation is 1. The molecule has 0 amide bonds. The van der Waals surface area contributed by atoms with Gasteiger partial charge < -0.3 is 5.32 Å². The van der Waals surface area contributed by atoms with E-state index in [0.29, 0.717) is 0 Å². The lowest BCUT2D eigenvalue weighted by molar-refractivity contribution is 0.194. The highest BCUT2D eigenvalue weighted by Gasteiger charge is 2.32. The van der Waals surface area contributed by atoms with Crippen molar-refractivity contribution in [1.82, 2.24) is 5.32 Å². The molecule has 1 fully saturated rings. The van der Waals surface area contributed by atoms with Crippen LogP contribution >= 0.6 is 11.3 Å². The predicted octanol–water partition coefficient (Wildman–Crippen LogP) is 4.43. The third kappa shape index (κ3) is 3.16. The Morgan fingerprint density at radius 2 is 2.11 bits per heavy atom. The lowest BCUT2D eigenvalue weighted by Crippen LogP contribution is -2.31. The van der Waals surface area contributed by atoms with Gasteiger partial charge in [-0.1, -0.05) is 13.8 Å². The summed E-state index contributed by atoms with van der Waals surface area (Å²) in [5.74, 6) is 3.38. The van der Waals surface area contributed by atoms with Gasteiger partial charge in [0, 0.05) is 9.75 Å².